The van der Waals surface area contributed by atoms with Crippen molar-refractivity contribution < 1.29 is 9.50 Å². The standard InChI is InChI=1S/C15H17FN4O2/c16-11-5-1-4-10(13(11)21)12-8-20(15(22)14(17)19-12)9-3-2-6-18-7-9/h1,4-5,8-9,18,21H,2-3,6-7H2,(H2,17,19). The average molecular weight is 304 g/mol. The van der Waals surface area contributed by atoms with E-state index in [1.165, 1.54) is 22.9 Å². The van der Waals surface area contributed by atoms with Crippen LogP contribution in [-0.2, 0) is 0 Å². The van der Waals surface area contributed by atoms with Crippen LogP contribution in [0.25, 0.3) is 11.3 Å². The summed E-state index contributed by atoms with van der Waals surface area (Å²) in [6, 6.07) is 4.14. The third-order valence-electron chi connectivity index (χ3n) is 3.88. The number of hydrogen-bond acceptors (Lipinski definition) is 5. The van der Waals surface area contributed by atoms with Crippen LogP contribution in [0.5, 0.6) is 5.75 Å². The number of anilines is 1. The third kappa shape index (κ3) is 2.55. The highest BCUT2D eigenvalue weighted by atomic mass is 19.1. The molecule has 0 spiro atoms. The quantitative estimate of drug-likeness (QED) is 0.776. The number of piperidine rings is 1. The molecule has 6 nitrogen and oxygen atoms in total. The Balaban J connectivity index is 2.11. The molecule has 0 aliphatic carbocycles. The van der Waals surface area contributed by atoms with Crippen LogP contribution in [0.15, 0.2) is 29.2 Å². The molecule has 2 heterocycles. The zero-order valence-electron chi connectivity index (χ0n) is 11.9. The van der Waals surface area contributed by atoms with Crippen molar-refractivity contribution in [1.29, 1.82) is 0 Å². The van der Waals surface area contributed by atoms with Gasteiger partial charge in [-0.3, -0.25) is 4.79 Å². The Hall–Kier alpha value is -2.41. The number of phenolic OH excluding ortho intramolecular Hbond substituents is 1. The lowest BCUT2D eigenvalue weighted by molar-refractivity contribution is 0.364. The van der Waals surface area contributed by atoms with Crippen LogP contribution in [0.3, 0.4) is 0 Å². The van der Waals surface area contributed by atoms with Crippen molar-refractivity contribution in [2.24, 2.45) is 0 Å². The molecule has 3 rings (SSSR count). The zero-order chi connectivity index (χ0) is 15.7. The van der Waals surface area contributed by atoms with Crippen LogP contribution in [0.1, 0.15) is 18.9 Å². The number of hydrogen-bond donors (Lipinski definition) is 3. The Bertz CT molecular complexity index is 754. The highest BCUT2D eigenvalue weighted by molar-refractivity contribution is 5.67. The lowest BCUT2D eigenvalue weighted by atomic mass is 10.1. The zero-order valence-corrected chi connectivity index (χ0v) is 11.9. The molecular weight excluding hydrogens is 287 g/mol. The minimum atomic E-state index is -0.741. The van der Waals surface area contributed by atoms with Gasteiger partial charge in [-0.15, -0.1) is 0 Å². The molecule has 1 aromatic carbocycles. The van der Waals surface area contributed by atoms with Crippen LogP contribution in [0, 0.1) is 5.82 Å². The van der Waals surface area contributed by atoms with E-state index in [9.17, 15) is 14.3 Å². The second-order valence-corrected chi connectivity index (χ2v) is 5.36. The molecule has 1 fully saturated rings. The molecule has 4 N–H and O–H groups in total. The lowest BCUT2D eigenvalue weighted by Gasteiger charge is -2.25. The maximum Gasteiger partial charge on any atom is 0.293 e. The largest absolute Gasteiger partial charge is 0.504 e. The molecule has 22 heavy (non-hydrogen) atoms. The number of nitrogens with two attached hydrogens (primary N) is 1. The highest BCUT2D eigenvalue weighted by Crippen LogP contribution is 2.30. The number of halogens is 1. The number of nitrogens with zero attached hydrogens (tertiary/aromatic N) is 2. The fraction of sp³-hybridized carbons (Fsp3) is 0.333. The molecule has 1 saturated heterocycles. The Morgan fingerprint density at radius 3 is 3.00 bits per heavy atom. The number of aromatic nitrogens is 2. The van der Waals surface area contributed by atoms with E-state index in [0.717, 1.165) is 25.5 Å². The van der Waals surface area contributed by atoms with Gasteiger partial charge in [0, 0.05) is 24.3 Å². The predicted octanol–water partition coefficient (Wildman–Crippen LogP) is 1.26. The van der Waals surface area contributed by atoms with Crippen molar-refractivity contribution in [1.82, 2.24) is 14.9 Å². The van der Waals surface area contributed by atoms with Gasteiger partial charge in [0.1, 0.15) is 0 Å². The van der Waals surface area contributed by atoms with Crippen molar-refractivity contribution in [3.63, 3.8) is 0 Å². The first-order valence-electron chi connectivity index (χ1n) is 7.15. The van der Waals surface area contributed by atoms with Crippen LogP contribution in [0.4, 0.5) is 10.2 Å². The van der Waals surface area contributed by atoms with Gasteiger partial charge in [-0.05, 0) is 31.5 Å². The number of rotatable bonds is 2. The van der Waals surface area contributed by atoms with E-state index >= 15 is 0 Å². The number of phenols is 1. The van der Waals surface area contributed by atoms with Gasteiger partial charge in [0.15, 0.2) is 17.4 Å². The average Bonchev–Trinajstić information content (AvgIpc) is 2.53. The SMILES string of the molecule is Nc1nc(-c2cccc(F)c2O)cn(C2CCCNC2)c1=O. The van der Waals surface area contributed by atoms with E-state index in [2.05, 4.69) is 10.3 Å². The van der Waals surface area contributed by atoms with Gasteiger partial charge < -0.3 is 20.7 Å². The second kappa shape index (κ2) is 5.76. The summed E-state index contributed by atoms with van der Waals surface area (Å²) in [6.45, 7) is 1.58. The molecule has 0 amide bonds. The summed E-state index contributed by atoms with van der Waals surface area (Å²) in [5, 5.41) is 13.1. The van der Waals surface area contributed by atoms with E-state index < -0.39 is 11.6 Å². The number of para-hydroxylation sites is 1. The Labute approximate surface area is 126 Å². The first-order valence-corrected chi connectivity index (χ1v) is 7.15. The smallest absolute Gasteiger partial charge is 0.293 e. The molecule has 116 valence electrons. The monoisotopic (exact) mass is 304 g/mol. The number of aromatic hydroxyl groups is 1. The number of nitrogens with one attached hydrogen (secondary N) is 1. The van der Waals surface area contributed by atoms with Gasteiger partial charge in [-0.1, -0.05) is 6.07 Å². The third-order valence-corrected chi connectivity index (χ3v) is 3.88. The van der Waals surface area contributed by atoms with Gasteiger partial charge in [0.2, 0.25) is 0 Å². The summed E-state index contributed by atoms with van der Waals surface area (Å²) >= 11 is 0. The lowest BCUT2D eigenvalue weighted by Crippen LogP contribution is -2.37. The summed E-state index contributed by atoms with van der Waals surface area (Å²) in [5.41, 5.74) is 5.84. The van der Waals surface area contributed by atoms with Crippen molar-refractivity contribution in [3.05, 3.63) is 40.6 Å². The molecule has 7 heteroatoms. The molecule has 0 bridgehead atoms. The molecule has 1 atom stereocenters. The summed E-state index contributed by atoms with van der Waals surface area (Å²) in [7, 11) is 0. The molecule has 1 aliphatic heterocycles. The topological polar surface area (TPSA) is 93.2 Å². The Morgan fingerprint density at radius 2 is 2.27 bits per heavy atom. The molecule has 2 aromatic rings. The highest BCUT2D eigenvalue weighted by Gasteiger charge is 2.20. The van der Waals surface area contributed by atoms with Gasteiger partial charge in [-0.25, -0.2) is 9.37 Å². The molecule has 0 radical (unpaired) electrons. The van der Waals surface area contributed by atoms with E-state index in [1.807, 2.05) is 0 Å². The predicted molar refractivity (Wildman–Crippen MR) is 81.1 cm³/mol. The van der Waals surface area contributed by atoms with E-state index in [4.69, 9.17) is 5.73 Å². The van der Waals surface area contributed by atoms with E-state index in [-0.39, 0.29) is 28.7 Å². The van der Waals surface area contributed by atoms with Gasteiger partial charge in [0.05, 0.1) is 5.69 Å². The number of nitrogen functional groups attached to an aromatic ring is 1. The van der Waals surface area contributed by atoms with Crippen LogP contribution in [-0.4, -0.2) is 27.7 Å². The van der Waals surface area contributed by atoms with Crippen LogP contribution >= 0.6 is 0 Å². The number of benzene rings is 1. The van der Waals surface area contributed by atoms with Gasteiger partial charge in [0.25, 0.3) is 5.56 Å². The Morgan fingerprint density at radius 1 is 1.45 bits per heavy atom. The Kier molecular flexibility index (Phi) is 3.81. The normalized spacial score (nSPS) is 18.3. The molecular formula is C15H17FN4O2. The summed E-state index contributed by atoms with van der Waals surface area (Å²) in [5.74, 6) is -1.40. The van der Waals surface area contributed by atoms with Gasteiger partial charge in [-0.2, -0.15) is 0 Å². The fourth-order valence-corrected chi connectivity index (χ4v) is 2.72. The minimum absolute atomic E-state index is 0.0268. The first kappa shape index (κ1) is 14.5. The van der Waals surface area contributed by atoms with E-state index in [1.54, 1.807) is 0 Å². The minimum Gasteiger partial charge on any atom is -0.504 e. The maximum absolute atomic E-state index is 13.5. The van der Waals surface area contributed by atoms with Crippen LogP contribution in [0.2, 0.25) is 0 Å². The van der Waals surface area contributed by atoms with E-state index in [0.29, 0.717) is 6.54 Å². The van der Waals surface area contributed by atoms with Crippen LogP contribution < -0.4 is 16.6 Å². The summed E-state index contributed by atoms with van der Waals surface area (Å²) in [4.78, 5) is 16.2. The molecule has 1 aliphatic rings. The summed E-state index contributed by atoms with van der Waals surface area (Å²) in [6.07, 6.45) is 3.34. The van der Waals surface area contributed by atoms with Crippen molar-refractivity contribution in [2.45, 2.75) is 18.9 Å². The molecule has 1 aromatic heterocycles. The van der Waals surface area contributed by atoms with Crippen molar-refractivity contribution in [2.75, 3.05) is 18.8 Å². The fourth-order valence-electron chi connectivity index (χ4n) is 2.72. The second-order valence-electron chi connectivity index (χ2n) is 5.36. The van der Waals surface area contributed by atoms with Crippen molar-refractivity contribution in [3.8, 4) is 17.0 Å². The van der Waals surface area contributed by atoms with Gasteiger partial charge >= 0.3 is 0 Å². The maximum atomic E-state index is 13.5. The summed E-state index contributed by atoms with van der Waals surface area (Å²) < 4.78 is 15.0. The first-order chi connectivity index (χ1) is 10.6. The molecule has 0 saturated carbocycles. The molecule has 1 unspecified atom stereocenters. The van der Waals surface area contributed by atoms with Crippen molar-refractivity contribution >= 4 is 5.82 Å².